The van der Waals surface area contributed by atoms with Crippen LogP contribution in [0.4, 0.5) is 0 Å². The number of phenols is 2. The van der Waals surface area contributed by atoms with Crippen LogP contribution in [0.2, 0.25) is 5.02 Å². The SMILES string of the molecule is CCCOc1ccc(C(=O)c2ccc(OCC)cc2O)cc1.CCOc1ccc(C(=O)c2ccc(Cl)cc2)c(O)c1. The van der Waals surface area contributed by atoms with E-state index in [2.05, 4.69) is 0 Å². The summed E-state index contributed by atoms with van der Waals surface area (Å²) in [7, 11) is 0. The summed E-state index contributed by atoms with van der Waals surface area (Å²) in [5.41, 5.74) is 1.48. The van der Waals surface area contributed by atoms with Crippen molar-refractivity contribution in [3.8, 4) is 28.7 Å². The largest absolute Gasteiger partial charge is 0.507 e. The summed E-state index contributed by atoms with van der Waals surface area (Å²) in [6.07, 6.45) is 0.931. The summed E-state index contributed by atoms with van der Waals surface area (Å²) in [4.78, 5) is 24.6. The summed E-state index contributed by atoms with van der Waals surface area (Å²) in [6, 6.07) is 22.8. The van der Waals surface area contributed by atoms with E-state index in [9.17, 15) is 19.8 Å². The number of carbonyl (C=O) groups is 2. The van der Waals surface area contributed by atoms with Crippen LogP contribution in [0.25, 0.3) is 0 Å². The smallest absolute Gasteiger partial charge is 0.196 e. The van der Waals surface area contributed by atoms with Gasteiger partial charge in [-0.3, -0.25) is 9.59 Å². The van der Waals surface area contributed by atoms with E-state index >= 15 is 0 Å². The number of carbonyl (C=O) groups excluding carboxylic acids is 2. The van der Waals surface area contributed by atoms with E-state index in [1.165, 1.54) is 12.1 Å². The molecule has 0 bridgehead atoms. The molecule has 0 aromatic heterocycles. The summed E-state index contributed by atoms with van der Waals surface area (Å²) in [6.45, 7) is 7.40. The molecule has 0 spiro atoms. The second-order valence-electron chi connectivity index (χ2n) is 8.76. The van der Waals surface area contributed by atoms with Gasteiger partial charge < -0.3 is 24.4 Å². The highest BCUT2D eigenvalue weighted by molar-refractivity contribution is 6.30. The molecule has 214 valence electrons. The molecule has 0 fully saturated rings. The van der Waals surface area contributed by atoms with Crippen LogP contribution in [0.5, 0.6) is 28.7 Å². The van der Waals surface area contributed by atoms with Gasteiger partial charge in [0, 0.05) is 28.3 Å². The molecular weight excluding hydrogens is 544 g/mol. The zero-order valence-corrected chi connectivity index (χ0v) is 24.0. The molecule has 0 aliphatic heterocycles. The Bertz CT molecular complexity index is 1450. The van der Waals surface area contributed by atoms with Crippen LogP contribution in [-0.4, -0.2) is 41.6 Å². The Morgan fingerprint density at radius 2 is 1.02 bits per heavy atom. The lowest BCUT2D eigenvalue weighted by atomic mass is 10.0. The topological polar surface area (TPSA) is 102 Å². The normalized spacial score (nSPS) is 10.2. The van der Waals surface area contributed by atoms with Crippen molar-refractivity contribution in [2.75, 3.05) is 19.8 Å². The summed E-state index contributed by atoms with van der Waals surface area (Å²) in [5, 5.41) is 20.4. The lowest BCUT2D eigenvalue weighted by Crippen LogP contribution is -2.03. The molecule has 7 nitrogen and oxygen atoms in total. The van der Waals surface area contributed by atoms with E-state index < -0.39 is 0 Å². The average molecular weight is 577 g/mol. The van der Waals surface area contributed by atoms with Crippen molar-refractivity contribution in [1.29, 1.82) is 0 Å². The fraction of sp³-hybridized carbons (Fsp3) is 0.212. The number of hydrogen-bond donors (Lipinski definition) is 2. The first-order valence-corrected chi connectivity index (χ1v) is 13.6. The fourth-order valence-corrected chi connectivity index (χ4v) is 3.88. The maximum absolute atomic E-state index is 12.4. The first kappa shape index (κ1) is 31.0. The molecule has 0 heterocycles. The molecule has 0 radical (unpaired) electrons. The van der Waals surface area contributed by atoms with Crippen LogP contribution < -0.4 is 14.2 Å². The number of phenolic OH excluding ortho intramolecular Hbond substituents is 2. The van der Waals surface area contributed by atoms with Gasteiger partial charge in [0.25, 0.3) is 0 Å². The van der Waals surface area contributed by atoms with E-state index in [1.807, 2.05) is 20.8 Å². The average Bonchev–Trinajstić information content (AvgIpc) is 2.97. The maximum atomic E-state index is 12.4. The molecule has 8 heteroatoms. The Hall–Kier alpha value is -4.49. The molecule has 0 aliphatic rings. The number of ketones is 2. The van der Waals surface area contributed by atoms with Crippen molar-refractivity contribution in [2.45, 2.75) is 27.2 Å². The Morgan fingerprint density at radius 1 is 0.610 bits per heavy atom. The van der Waals surface area contributed by atoms with Crippen molar-refractivity contribution >= 4 is 23.2 Å². The molecule has 0 saturated heterocycles. The van der Waals surface area contributed by atoms with Gasteiger partial charge in [-0.05, 0) is 93.1 Å². The van der Waals surface area contributed by atoms with Crippen LogP contribution in [-0.2, 0) is 0 Å². The Balaban J connectivity index is 0.000000228. The molecule has 0 saturated carbocycles. The van der Waals surface area contributed by atoms with Crippen molar-refractivity contribution in [3.63, 3.8) is 0 Å². The highest BCUT2D eigenvalue weighted by atomic mass is 35.5. The summed E-state index contributed by atoms with van der Waals surface area (Å²) in [5.74, 6) is 1.15. The minimum Gasteiger partial charge on any atom is -0.507 e. The molecule has 0 aliphatic carbocycles. The minimum atomic E-state index is -0.253. The van der Waals surface area contributed by atoms with Gasteiger partial charge in [0.1, 0.15) is 28.7 Å². The quantitative estimate of drug-likeness (QED) is 0.178. The molecule has 0 atom stereocenters. The predicted octanol–water partition coefficient (Wildman–Crippen LogP) is 7.49. The molecular formula is C33H33ClO7. The predicted molar refractivity (Wildman–Crippen MR) is 159 cm³/mol. The molecule has 41 heavy (non-hydrogen) atoms. The zero-order chi connectivity index (χ0) is 29.8. The number of aromatic hydroxyl groups is 2. The monoisotopic (exact) mass is 576 g/mol. The van der Waals surface area contributed by atoms with Crippen molar-refractivity contribution in [2.24, 2.45) is 0 Å². The van der Waals surface area contributed by atoms with Gasteiger partial charge in [-0.1, -0.05) is 18.5 Å². The maximum Gasteiger partial charge on any atom is 0.196 e. The van der Waals surface area contributed by atoms with Gasteiger partial charge in [0.2, 0.25) is 0 Å². The molecule has 4 aromatic rings. The van der Waals surface area contributed by atoms with Gasteiger partial charge in [-0.25, -0.2) is 0 Å². The molecule has 0 unspecified atom stereocenters. The number of hydrogen-bond acceptors (Lipinski definition) is 7. The van der Waals surface area contributed by atoms with Crippen LogP contribution in [0.3, 0.4) is 0 Å². The Labute approximate surface area is 244 Å². The van der Waals surface area contributed by atoms with E-state index in [-0.39, 0.29) is 34.2 Å². The molecule has 0 amide bonds. The fourth-order valence-electron chi connectivity index (χ4n) is 3.75. The van der Waals surface area contributed by atoms with Gasteiger partial charge in [-0.15, -0.1) is 0 Å². The van der Waals surface area contributed by atoms with Gasteiger partial charge in [0.05, 0.1) is 30.9 Å². The van der Waals surface area contributed by atoms with Crippen molar-refractivity contribution < 1.29 is 34.0 Å². The Kier molecular flexibility index (Phi) is 11.6. The van der Waals surface area contributed by atoms with E-state index in [1.54, 1.807) is 72.8 Å². The second kappa shape index (κ2) is 15.3. The number of rotatable bonds is 11. The summed E-state index contributed by atoms with van der Waals surface area (Å²) < 4.78 is 16.0. The third-order valence-electron chi connectivity index (χ3n) is 5.75. The lowest BCUT2D eigenvalue weighted by molar-refractivity contribution is 0.102. The number of halogens is 1. The lowest BCUT2D eigenvalue weighted by Gasteiger charge is -2.08. The molecule has 2 N–H and O–H groups in total. The first-order valence-electron chi connectivity index (χ1n) is 13.3. The third-order valence-corrected chi connectivity index (χ3v) is 6.00. The minimum absolute atomic E-state index is 0.0812. The van der Waals surface area contributed by atoms with Crippen LogP contribution in [0.15, 0.2) is 84.9 Å². The number of ether oxygens (including phenoxy) is 3. The van der Waals surface area contributed by atoms with Crippen molar-refractivity contribution in [3.05, 3.63) is 112 Å². The van der Waals surface area contributed by atoms with Crippen molar-refractivity contribution in [1.82, 2.24) is 0 Å². The first-order chi connectivity index (χ1) is 19.8. The van der Waals surface area contributed by atoms with E-state index in [0.29, 0.717) is 47.5 Å². The van der Waals surface area contributed by atoms with E-state index in [4.69, 9.17) is 25.8 Å². The van der Waals surface area contributed by atoms with Gasteiger partial charge >= 0.3 is 0 Å². The van der Waals surface area contributed by atoms with Gasteiger partial charge in [-0.2, -0.15) is 0 Å². The van der Waals surface area contributed by atoms with Gasteiger partial charge in [0.15, 0.2) is 11.6 Å². The summed E-state index contributed by atoms with van der Waals surface area (Å²) >= 11 is 5.77. The van der Waals surface area contributed by atoms with Crippen LogP contribution >= 0.6 is 11.6 Å². The highest BCUT2D eigenvalue weighted by Crippen LogP contribution is 2.27. The van der Waals surface area contributed by atoms with Crippen LogP contribution in [0.1, 0.15) is 59.0 Å². The zero-order valence-electron chi connectivity index (χ0n) is 23.2. The van der Waals surface area contributed by atoms with Crippen LogP contribution in [0, 0.1) is 0 Å². The standard InChI is InChI=1S/C18H20O4.C15H13ClO3/c1-3-11-22-14-7-5-13(6-8-14)18(20)16-10-9-15(21-4-2)12-17(16)19;1-2-19-12-7-8-13(14(17)9-12)15(18)10-3-5-11(16)6-4-10/h5-10,12,19H,3-4,11H2,1-2H3;3-9,17H,2H2,1H3. The van der Waals surface area contributed by atoms with E-state index in [0.717, 1.165) is 12.2 Å². The molecule has 4 aromatic carbocycles. The second-order valence-corrected chi connectivity index (χ2v) is 9.20. The third kappa shape index (κ3) is 8.75. The number of benzene rings is 4. The Morgan fingerprint density at radius 3 is 1.41 bits per heavy atom. The highest BCUT2D eigenvalue weighted by Gasteiger charge is 2.15. The molecule has 4 rings (SSSR count).